The Balaban J connectivity index is 2.09. The van der Waals surface area contributed by atoms with E-state index in [1.165, 1.54) is 17.8 Å². The van der Waals surface area contributed by atoms with Crippen molar-refractivity contribution < 1.29 is 13.2 Å². The molecule has 0 amide bonds. The number of hydrogen-bond acceptors (Lipinski definition) is 2. The SMILES string of the molecule is Cc1cccc(SCC(N)c2ccc(F)c(F)c2F)c1. The van der Waals surface area contributed by atoms with Crippen LogP contribution < -0.4 is 5.73 Å². The van der Waals surface area contributed by atoms with E-state index in [1.54, 1.807) is 0 Å². The van der Waals surface area contributed by atoms with Crippen LogP contribution in [0.4, 0.5) is 13.2 Å². The third-order valence-corrected chi connectivity index (χ3v) is 4.00. The van der Waals surface area contributed by atoms with Crippen LogP contribution in [0.2, 0.25) is 0 Å². The first-order valence-corrected chi connectivity index (χ1v) is 7.06. The van der Waals surface area contributed by atoms with Gasteiger partial charge in [0.15, 0.2) is 17.5 Å². The summed E-state index contributed by atoms with van der Waals surface area (Å²) in [5.74, 6) is -3.50. The van der Waals surface area contributed by atoms with Gasteiger partial charge in [0.05, 0.1) is 0 Å². The highest BCUT2D eigenvalue weighted by Gasteiger charge is 2.18. The van der Waals surface area contributed by atoms with E-state index in [9.17, 15) is 13.2 Å². The Kier molecular flexibility index (Phi) is 4.73. The molecule has 0 aliphatic heterocycles. The van der Waals surface area contributed by atoms with Gasteiger partial charge in [0, 0.05) is 22.3 Å². The van der Waals surface area contributed by atoms with Gasteiger partial charge >= 0.3 is 0 Å². The van der Waals surface area contributed by atoms with E-state index in [1.807, 2.05) is 31.2 Å². The van der Waals surface area contributed by atoms with Crippen LogP contribution in [-0.4, -0.2) is 5.75 Å². The molecule has 0 spiro atoms. The van der Waals surface area contributed by atoms with Crippen molar-refractivity contribution in [2.45, 2.75) is 17.9 Å². The summed E-state index contributed by atoms with van der Waals surface area (Å²) in [6.07, 6.45) is 0. The minimum atomic E-state index is -1.47. The van der Waals surface area contributed by atoms with Crippen LogP contribution in [-0.2, 0) is 0 Å². The molecule has 2 N–H and O–H groups in total. The highest BCUT2D eigenvalue weighted by molar-refractivity contribution is 7.99. The number of nitrogens with two attached hydrogens (primary N) is 1. The molecule has 0 aromatic heterocycles. The van der Waals surface area contributed by atoms with Crippen LogP contribution in [0.25, 0.3) is 0 Å². The van der Waals surface area contributed by atoms with Gasteiger partial charge in [-0.15, -0.1) is 11.8 Å². The predicted octanol–water partition coefficient (Wildman–Crippen LogP) is 4.20. The van der Waals surface area contributed by atoms with Gasteiger partial charge in [-0.3, -0.25) is 0 Å². The van der Waals surface area contributed by atoms with E-state index in [0.717, 1.165) is 16.5 Å². The summed E-state index contributed by atoms with van der Waals surface area (Å²) in [6, 6.07) is 9.18. The van der Waals surface area contributed by atoms with E-state index in [0.29, 0.717) is 5.75 Å². The largest absolute Gasteiger partial charge is 0.323 e. The Bertz CT molecular complexity index is 616. The zero-order valence-corrected chi connectivity index (χ0v) is 11.7. The van der Waals surface area contributed by atoms with Gasteiger partial charge in [0.2, 0.25) is 0 Å². The Morgan fingerprint density at radius 3 is 2.55 bits per heavy atom. The van der Waals surface area contributed by atoms with E-state index >= 15 is 0 Å². The molecule has 2 rings (SSSR count). The fourth-order valence-corrected chi connectivity index (χ4v) is 2.80. The number of rotatable bonds is 4. The number of hydrogen-bond donors (Lipinski definition) is 1. The monoisotopic (exact) mass is 297 g/mol. The highest BCUT2D eigenvalue weighted by atomic mass is 32.2. The van der Waals surface area contributed by atoms with Gasteiger partial charge in [-0.1, -0.05) is 23.8 Å². The van der Waals surface area contributed by atoms with E-state index in [2.05, 4.69) is 0 Å². The zero-order chi connectivity index (χ0) is 14.7. The van der Waals surface area contributed by atoms with Crippen LogP contribution >= 0.6 is 11.8 Å². The van der Waals surface area contributed by atoms with Crippen molar-refractivity contribution in [2.24, 2.45) is 5.73 Å². The normalized spacial score (nSPS) is 12.4. The molecule has 5 heteroatoms. The first-order chi connectivity index (χ1) is 9.49. The van der Waals surface area contributed by atoms with Crippen LogP contribution in [0.3, 0.4) is 0 Å². The van der Waals surface area contributed by atoms with Crippen molar-refractivity contribution in [3.05, 3.63) is 65.0 Å². The van der Waals surface area contributed by atoms with Gasteiger partial charge in [-0.25, -0.2) is 13.2 Å². The molecule has 20 heavy (non-hydrogen) atoms. The van der Waals surface area contributed by atoms with Crippen molar-refractivity contribution in [2.75, 3.05) is 5.75 Å². The third-order valence-electron chi connectivity index (χ3n) is 2.88. The van der Waals surface area contributed by atoms with Gasteiger partial charge in [0.25, 0.3) is 0 Å². The molecular weight excluding hydrogens is 283 g/mol. The van der Waals surface area contributed by atoms with Crippen molar-refractivity contribution in [1.29, 1.82) is 0 Å². The first-order valence-electron chi connectivity index (χ1n) is 6.07. The topological polar surface area (TPSA) is 26.0 Å². The van der Waals surface area contributed by atoms with Crippen molar-refractivity contribution in [1.82, 2.24) is 0 Å². The Morgan fingerprint density at radius 2 is 1.85 bits per heavy atom. The molecular formula is C15H14F3NS. The lowest BCUT2D eigenvalue weighted by Gasteiger charge is -2.13. The van der Waals surface area contributed by atoms with Crippen molar-refractivity contribution in [3.63, 3.8) is 0 Å². The minimum absolute atomic E-state index is 0.0101. The lowest BCUT2D eigenvalue weighted by Crippen LogP contribution is -2.16. The maximum absolute atomic E-state index is 13.6. The molecule has 0 saturated carbocycles. The molecule has 0 radical (unpaired) electrons. The second-order valence-electron chi connectivity index (χ2n) is 4.50. The summed E-state index contributed by atoms with van der Waals surface area (Å²) in [5.41, 5.74) is 6.95. The summed E-state index contributed by atoms with van der Waals surface area (Å²) in [6.45, 7) is 1.97. The lowest BCUT2D eigenvalue weighted by molar-refractivity contribution is 0.437. The fraction of sp³-hybridized carbons (Fsp3) is 0.200. The van der Waals surface area contributed by atoms with Gasteiger partial charge in [0.1, 0.15) is 0 Å². The van der Waals surface area contributed by atoms with Crippen LogP contribution in [0.15, 0.2) is 41.3 Å². The Hall–Kier alpha value is -1.46. The van der Waals surface area contributed by atoms with E-state index in [4.69, 9.17) is 5.73 Å². The smallest absolute Gasteiger partial charge is 0.194 e. The molecule has 106 valence electrons. The molecule has 0 aliphatic rings. The molecule has 0 fully saturated rings. The third kappa shape index (κ3) is 3.35. The maximum atomic E-state index is 13.6. The molecule has 0 saturated heterocycles. The number of thioether (sulfide) groups is 1. The second kappa shape index (κ2) is 6.33. The molecule has 2 aromatic carbocycles. The van der Waals surface area contributed by atoms with Crippen LogP contribution in [0.5, 0.6) is 0 Å². The molecule has 1 nitrogen and oxygen atoms in total. The van der Waals surface area contributed by atoms with E-state index < -0.39 is 23.5 Å². The molecule has 0 bridgehead atoms. The molecule has 1 unspecified atom stereocenters. The predicted molar refractivity (Wildman–Crippen MR) is 75.1 cm³/mol. The molecule has 0 aliphatic carbocycles. The summed E-state index contributed by atoms with van der Waals surface area (Å²) in [7, 11) is 0. The summed E-state index contributed by atoms with van der Waals surface area (Å²) >= 11 is 1.45. The zero-order valence-electron chi connectivity index (χ0n) is 10.9. The van der Waals surface area contributed by atoms with Crippen molar-refractivity contribution >= 4 is 11.8 Å². The Labute approximate surface area is 120 Å². The second-order valence-corrected chi connectivity index (χ2v) is 5.59. The average Bonchev–Trinajstić information content (AvgIpc) is 2.42. The summed E-state index contributed by atoms with van der Waals surface area (Å²) in [5, 5.41) is 0. The number of aryl methyl sites for hydroxylation is 1. The van der Waals surface area contributed by atoms with Crippen LogP contribution in [0, 0.1) is 24.4 Å². The minimum Gasteiger partial charge on any atom is -0.323 e. The number of halogens is 3. The van der Waals surface area contributed by atoms with Crippen molar-refractivity contribution in [3.8, 4) is 0 Å². The van der Waals surface area contributed by atoms with E-state index in [-0.39, 0.29) is 5.56 Å². The van der Waals surface area contributed by atoms with Gasteiger partial charge in [-0.05, 0) is 25.1 Å². The lowest BCUT2D eigenvalue weighted by atomic mass is 10.1. The van der Waals surface area contributed by atoms with Gasteiger partial charge < -0.3 is 5.73 Å². The average molecular weight is 297 g/mol. The highest BCUT2D eigenvalue weighted by Crippen LogP contribution is 2.26. The molecule has 1 atom stereocenters. The van der Waals surface area contributed by atoms with Gasteiger partial charge in [-0.2, -0.15) is 0 Å². The summed E-state index contributed by atoms with van der Waals surface area (Å²) < 4.78 is 39.6. The quantitative estimate of drug-likeness (QED) is 0.676. The molecule has 2 aromatic rings. The maximum Gasteiger partial charge on any atom is 0.194 e. The molecule has 0 heterocycles. The Morgan fingerprint density at radius 1 is 1.10 bits per heavy atom. The first kappa shape index (κ1) is 14.9. The summed E-state index contributed by atoms with van der Waals surface area (Å²) in [4.78, 5) is 1.00. The fourth-order valence-electron chi connectivity index (χ4n) is 1.81. The standard InChI is InChI=1S/C15H14F3NS/c1-9-3-2-4-10(7-9)20-8-13(19)11-5-6-12(16)15(18)14(11)17/h2-7,13H,8,19H2,1H3. The van der Waals surface area contributed by atoms with Crippen LogP contribution in [0.1, 0.15) is 17.2 Å². The number of benzene rings is 2.